The first-order chi connectivity index (χ1) is 14.0. The van der Waals surface area contributed by atoms with Crippen molar-refractivity contribution in [2.75, 3.05) is 7.05 Å². The summed E-state index contributed by atoms with van der Waals surface area (Å²) in [5.74, 6) is 0.433. The summed E-state index contributed by atoms with van der Waals surface area (Å²) in [4.78, 5) is 2.15. The molecule has 2 aliphatic rings. The Kier molecular flexibility index (Phi) is 5.31. The molecule has 2 unspecified atom stereocenters. The molecule has 0 aliphatic carbocycles. The van der Waals surface area contributed by atoms with Gasteiger partial charge in [-0.05, 0) is 50.8 Å². The average molecular weight is 388 g/mol. The molecule has 0 spiro atoms. The van der Waals surface area contributed by atoms with Gasteiger partial charge in [0.15, 0.2) is 12.2 Å². The number of hydrogen-bond donors (Lipinski definition) is 1. The van der Waals surface area contributed by atoms with Gasteiger partial charge in [0.2, 0.25) is 5.69 Å². The van der Waals surface area contributed by atoms with Crippen molar-refractivity contribution in [3.05, 3.63) is 89.6 Å². The van der Waals surface area contributed by atoms with E-state index >= 15 is 0 Å². The monoisotopic (exact) mass is 387 g/mol. The number of rotatable bonds is 0. The highest BCUT2D eigenvalue weighted by Gasteiger charge is 2.40. The van der Waals surface area contributed by atoms with E-state index in [9.17, 15) is 5.11 Å². The van der Waals surface area contributed by atoms with Gasteiger partial charge in [-0.25, -0.2) is 0 Å². The molecule has 3 heteroatoms. The second-order valence-electron chi connectivity index (χ2n) is 8.31. The average Bonchev–Trinajstić information content (AvgIpc) is 2.73. The standard InChI is InChI=1S/C26H30N2O/c1-5-24-20(17-29)9-8-12-23-21-10-6-7-11-22(21)25-14-13-18(2)16-28(25)26(23)15-19(3)27(24)4/h5-7,10-11,13-14,16-17,23,26H,3,8-9,12,15H2,1-2,4H3/p+1/b20-17-,24-5-. The van der Waals surface area contributed by atoms with Gasteiger partial charge in [0.1, 0.15) is 0 Å². The molecule has 150 valence electrons. The van der Waals surface area contributed by atoms with Crippen molar-refractivity contribution in [1.82, 2.24) is 4.90 Å². The van der Waals surface area contributed by atoms with Crippen LogP contribution in [-0.2, 0) is 0 Å². The molecule has 2 atom stereocenters. The Hall–Kier alpha value is -2.81. The molecule has 2 aliphatic heterocycles. The van der Waals surface area contributed by atoms with Crippen LogP contribution < -0.4 is 4.57 Å². The molecular weight excluding hydrogens is 356 g/mol. The predicted octanol–water partition coefficient (Wildman–Crippen LogP) is 5.95. The second kappa shape index (κ2) is 7.90. The molecule has 29 heavy (non-hydrogen) atoms. The van der Waals surface area contributed by atoms with E-state index in [0.29, 0.717) is 12.0 Å². The number of fused-ring (bicyclic) bond motifs is 6. The molecule has 1 aromatic heterocycles. The Labute approximate surface area is 174 Å². The molecule has 1 aromatic carbocycles. The zero-order valence-corrected chi connectivity index (χ0v) is 17.7. The highest BCUT2D eigenvalue weighted by molar-refractivity contribution is 5.63. The van der Waals surface area contributed by atoms with E-state index in [0.717, 1.165) is 42.7 Å². The fourth-order valence-electron chi connectivity index (χ4n) is 5.09. The number of pyridine rings is 1. The highest BCUT2D eigenvalue weighted by Crippen LogP contribution is 2.44. The van der Waals surface area contributed by atoms with Crippen molar-refractivity contribution in [1.29, 1.82) is 0 Å². The van der Waals surface area contributed by atoms with Gasteiger partial charge in [0, 0.05) is 47.1 Å². The number of nitrogens with zero attached hydrogens (tertiary/aromatic N) is 2. The Morgan fingerprint density at radius 2 is 2.00 bits per heavy atom. The Bertz CT molecular complexity index is 1000. The summed E-state index contributed by atoms with van der Waals surface area (Å²) in [6, 6.07) is 13.7. The Balaban J connectivity index is 1.84. The maximum Gasteiger partial charge on any atom is 0.213 e. The van der Waals surface area contributed by atoms with Crippen molar-refractivity contribution >= 4 is 0 Å². The Morgan fingerprint density at radius 1 is 1.21 bits per heavy atom. The van der Waals surface area contributed by atoms with Crippen LogP contribution >= 0.6 is 0 Å². The van der Waals surface area contributed by atoms with E-state index in [1.807, 2.05) is 6.92 Å². The van der Waals surface area contributed by atoms with Crippen molar-refractivity contribution in [2.24, 2.45) is 0 Å². The molecule has 3 nitrogen and oxygen atoms in total. The summed E-state index contributed by atoms with van der Waals surface area (Å²) in [5, 5.41) is 9.86. The maximum atomic E-state index is 9.86. The number of likely N-dealkylation sites (N-methyl/N-ethyl adjacent to an activating group) is 1. The van der Waals surface area contributed by atoms with Crippen LogP contribution in [0.25, 0.3) is 11.3 Å². The number of aliphatic hydroxyl groups excluding tert-OH is 1. The fourth-order valence-corrected chi connectivity index (χ4v) is 5.09. The van der Waals surface area contributed by atoms with Crippen LogP contribution in [0.1, 0.15) is 55.7 Å². The molecule has 3 heterocycles. The molecular formula is C26H31N2O+. The first kappa shape index (κ1) is 19.5. The minimum Gasteiger partial charge on any atom is -0.515 e. The lowest BCUT2D eigenvalue weighted by Gasteiger charge is -2.35. The van der Waals surface area contributed by atoms with Gasteiger partial charge in [-0.1, -0.05) is 30.9 Å². The third-order valence-electron chi connectivity index (χ3n) is 6.58. The van der Waals surface area contributed by atoms with Gasteiger partial charge in [0.25, 0.3) is 0 Å². The van der Waals surface area contributed by atoms with Gasteiger partial charge < -0.3 is 10.0 Å². The Morgan fingerprint density at radius 3 is 2.76 bits per heavy atom. The van der Waals surface area contributed by atoms with Gasteiger partial charge >= 0.3 is 0 Å². The third kappa shape index (κ3) is 3.39. The first-order valence-corrected chi connectivity index (χ1v) is 10.6. The summed E-state index contributed by atoms with van der Waals surface area (Å²) in [7, 11) is 2.07. The lowest BCUT2D eigenvalue weighted by Crippen LogP contribution is -2.48. The van der Waals surface area contributed by atoms with Gasteiger partial charge in [-0.15, -0.1) is 0 Å². The van der Waals surface area contributed by atoms with Gasteiger partial charge in [0.05, 0.1) is 12.7 Å². The van der Waals surface area contributed by atoms with Crippen LogP contribution in [0.3, 0.4) is 0 Å². The third-order valence-corrected chi connectivity index (χ3v) is 6.58. The SMILES string of the molecule is C=C1CC2C(CCCC(=C/O)/C(=C/C)N1C)c1ccccc1-c1ccc(C)c[n+]12. The summed E-state index contributed by atoms with van der Waals surface area (Å²) in [6.07, 6.45) is 9.54. The molecule has 0 amide bonds. The summed E-state index contributed by atoms with van der Waals surface area (Å²) in [5.41, 5.74) is 8.48. The predicted molar refractivity (Wildman–Crippen MR) is 118 cm³/mol. The van der Waals surface area contributed by atoms with E-state index < -0.39 is 0 Å². The van der Waals surface area contributed by atoms with Crippen LogP contribution in [0.5, 0.6) is 0 Å². The zero-order chi connectivity index (χ0) is 20.5. The smallest absolute Gasteiger partial charge is 0.213 e. The number of hydrogen-bond acceptors (Lipinski definition) is 2. The van der Waals surface area contributed by atoms with Crippen molar-refractivity contribution in [3.8, 4) is 11.3 Å². The molecule has 1 saturated heterocycles. The largest absolute Gasteiger partial charge is 0.515 e. The number of aromatic nitrogens is 1. The van der Waals surface area contributed by atoms with Crippen LogP contribution in [0.15, 0.2) is 78.5 Å². The van der Waals surface area contributed by atoms with E-state index in [2.05, 4.69) is 78.7 Å². The number of benzene rings is 1. The molecule has 0 radical (unpaired) electrons. The van der Waals surface area contributed by atoms with Crippen LogP contribution in [0.2, 0.25) is 0 Å². The zero-order valence-electron chi connectivity index (χ0n) is 17.7. The molecule has 1 N–H and O–H groups in total. The first-order valence-electron chi connectivity index (χ1n) is 10.6. The molecule has 0 saturated carbocycles. The van der Waals surface area contributed by atoms with Crippen molar-refractivity contribution in [3.63, 3.8) is 0 Å². The highest BCUT2D eigenvalue weighted by atomic mass is 16.2. The van der Waals surface area contributed by atoms with Crippen LogP contribution in [0.4, 0.5) is 0 Å². The summed E-state index contributed by atoms with van der Waals surface area (Å²) < 4.78 is 2.49. The fraction of sp³-hybridized carbons (Fsp3) is 0.346. The van der Waals surface area contributed by atoms with Crippen LogP contribution in [-0.4, -0.2) is 17.1 Å². The van der Waals surface area contributed by atoms with Gasteiger partial charge in [-0.3, -0.25) is 0 Å². The molecule has 2 aromatic rings. The maximum absolute atomic E-state index is 9.86. The molecule has 1 fully saturated rings. The lowest BCUT2D eigenvalue weighted by molar-refractivity contribution is -0.718. The number of aliphatic hydroxyl groups is 1. The van der Waals surface area contributed by atoms with E-state index in [1.54, 1.807) is 0 Å². The lowest BCUT2D eigenvalue weighted by atomic mass is 9.77. The van der Waals surface area contributed by atoms with E-state index in [-0.39, 0.29) is 0 Å². The minimum absolute atomic E-state index is 0.340. The van der Waals surface area contributed by atoms with Crippen molar-refractivity contribution < 1.29 is 9.67 Å². The van der Waals surface area contributed by atoms with Crippen molar-refractivity contribution in [2.45, 2.75) is 51.5 Å². The molecule has 0 bridgehead atoms. The second-order valence-corrected chi connectivity index (χ2v) is 8.31. The van der Waals surface area contributed by atoms with Gasteiger partial charge in [-0.2, -0.15) is 4.57 Å². The van der Waals surface area contributed by atoms with Crippen LogP contribution in [0, 0.1) is 6.92 Å². The normalized spacial score (nSPS) is 24.8. The number of aryl methyl sites for hydroxylation is 1. The minimum atomic E-state index is 0.340. The van der Waals surface area contributed by atoms with E-state index in [4.69, 9.17) is 0 Å². The van der Waals surface area contributed by atoms with E-state index in [1.165, 1.54) is 28.6 Å². The summed E-state index contributed by atoms with van der Waals surface area (Å²) in [6.45, 7) is 8.64. The summed E-state index contributed by atoms with van der Waals surface area (Å²) >= 11 is 0. The molecule has 4 rings (SSSR count). The topological polar surface area (TPSA) is 27.3 Å². The number of allylic oxidation sites excluding steroid dienone is 3. The quantitative estimate of drug-likeness (QED) is 0.446.